The molecule has 1 aromatic rings. The first-order chi connectivity index (χ1) is 6.88. The Balaban J connectivity index is 2.58. The van der Waals surface area contributed by atoms with Crippen molar-refractivity contribution in [3.05, 3.63) is 12.7 Å². The van der Waals surface area contributed by atoms with Gasteiger partial charge in [-0.2, -0.15) is 0 Å². The van der Waals surface area contributed by atoms with Crippen LogP contribution in [0.2, 0.25) is 0 Å². The van der Waals surface area contributed by atoms with E-state index in [0.717, 1.165) is 25.5 Å². The fourth-order valence-corrected chi connectivity index (χ4v) is 1.33. The molecule has 0 aromatic carbocycles. The van der Waals surface area contributed by atoms with Gasteiger partial charge in [0.1, 0.15) is 12.7 Å². The van der Waals surface area contributed by atoms with E-state index < -0.39 is 0 Å². The summed E-state index contributed by atoms with van der Waals surface area (Å²) in [5.41, 5.74) is 0. The molecule has 4 heteroatoms. The summed E-state index contributed by atoms with van der Waals surface area (Å²) in [5.74, 6) is 0.801. The van der Waals surface area contributed by atoms with Crippen LogP contribution in [0.3, 0.4) is 0 Å². The highest BCUT2D eigenvalue weighted by Gasteiger charge is 2.06. The van der Waals surface area contributed by atoms with Crippen LogP contribution in [0.5, 0.6) is 0 Å². The van der Waals surface area contributed by atoms with Gasteiger partial charge in [0, 0.05) is 13.1 Å². The van der Waals surface area contributed by atoms with Crippen LogP contribution in [-0.2, 0) is 0 Å². The minimum atomic E-state index is 0.801. The van der Waals surface area contributed by atoms with E-state index in [1.807, 2.05) is 0 Å². The second kappa shape index (κ2) is 6.29. The van der Waals surface area contributed by atoms with E-state index in [4.69, 9.17) is 0 Å². The van der Waals surface area contributed by atoms with Crippen molar-refractivity contribution in [2.75, 3.05) is 18.0 Å². The minimum absolute atomic E-state index is 0.801. The Morgan fingerprint density at radius 3 is 2.36 bits per heavy atom. The fraction of sp³-hybridized carbons (Fsp3) is 0.700. The van der Waals surface area contributed by atoms with Gasteiger partial charge >= 0.3 is 0 Å². The predicted molar refractivity (Wildman–Crippen MR) is 57.2 cm³/mol. The molecule has 0 amide bonds. The van der Waals surface area contributed by atoms with Gasteiger partial charge in [0.2, 0.25) is 5.95 Å². The zero-order valence-corrected chi connectivity index (χ0v) is 8.98. The topological polar surface area (TPSA) is 41.9 Å². The SMILES string of the molecule is CCCCN(CCC)c1ncncn1. The lowest BCUT2D eigenvalue weighted by molar-refractivity contribution is 0.684. The van der Waals surface area contributed by atoms with E-state index in [1.54, 1.807) is 12.7 Å². The lowest BCUT2D eigenvalue weighted by Crippen LogP contribution is -2.27. The van der Waals surface area contributed by atoms with Crippen molar-refractivity contribution in [2.45, 2.75) is 33.1 Å². The number of aromatic nitrogens is 3. The lowest BCUT2D eigenvalue weighted by Gasteiger charge is -2.20. The van der Waals surface area contributed by atoms with E-state index in [1.165, 1.54) is 12.8 Å². The highest BCUT2D eigenvalue weighted by Crippen LogP contribution is 2.06. The molecule has 0 aliphatic carbocycles. The summed E-state index contributed by atoms with van der Waals surface area (Å²) in [4.78, 5) is 14.3. The first-order valence-electron chi connectivity index (χ1n) is 5.25. The smallest absolute Gasteiger partial charge is 0.228 e. The van der Waals surface area contributed by atoms with Crippen molar-refractivity contribution in [3.63, 3.8) is 0 Å². The third kappa shape index (κ3) is 3.28. The largest absolute Gasteiger partial charge is 0.341 e. The molecule has 0 saturated heterocycles. The molecule has 0 unspecified atom stereocenters. The monoisotopic (exact) mass is 194 g/mol. The molecular formula is C10H18N4. The third-order valence-corrected chi connectivity index (χ3v) is 2.04. The summed E-state index contributed by atoms with van der Waals surface area (Å²) >= 11 is 0. The van der Waals surface area contributed by atoms with Crippen LogP contribution < -0.4 is 4.90 Å². The molecule has 0 fully saturated rings. The molecule has 1 rings (SSSR count). The van der Waals surface area contributed by atoms with Crippen LogP contribution in [0.25, 0.3) is 0 Å². The normalized spacial score (nSPS) is 10.1. The van der Waals surface area contributed by atoms with Crippen LogP contribution in [0, 0.1) is 0 Å². The Kier molecular flexibility index (Phi) is 4.89. The van der Waals surface area contributed by atoms with Crippen molar-refractivity contribution < 1.29 is 0 Å². The zero-order valence-electron chi connectivity index (χ0n) is 8.98. The van der Waals surface area contributed by atoms with Gasteiger partial charge in [0.25, 0.3) is 0 Å². The molecule has 0 bridgehead atoms. The summed E-state index contributed by atoms with van der Waals surface area (Å²) in [6, 6.07) is 0. The number of hydrogen-bond donors (Lipinski definition) is 0. The summed E-state index contributed by atoms with van der Waals surface area (Å²) in [6.07, 6.45) is 6.61. The molecular weight excluding hydrogens is 176 g/mol. The molecule has 0 spiro atoms. The average Bonchev–Trinajstić information content (AvgIpc) is 2.25. The second-order valence-electron chi connectivity index (χ2n) is 3.28. The van der Waals surface area contributed by atoms with E-state index in [2.05, 4.69) is 33.7 Å². The van der Waals surface area contributed by atoms with E-state index in [0.29, 0.717) is 0 Å². The molecule has 0 radical (unpaired) electrons. The van der Waals surface area contributed by atoms with Crippen LogP contribution in [0.4, 0.5) is 5.95 Å². The maximum absolute atomic E-state index is 4.15. The molecule has 78 valence electrons. The Labute approximate surface area is 85.4 Å². The summed E-state index contributed by atoms with van der Waals surface area (Å²) in [7, 11) is 0. The molecule has 0 atom stereocenters. The minimum Gasteiger partial charge on any atom is -0.341 e. The van der Waals surface area contributed by atoms with Gasteiger partial charge in [-0.25, -0.2) is 15.0 Å². The number of hydrogen-bond acceptors (Lipinski definition) is 4. The van der Waals surface area contributed by atoms with Crippen LogP contribution in [-0.4, -0.2) is 28.0 Å². The van der Waals surface area contributed by atoms with Gasteiger partial charge in [-0.3, -0.25) is 0 Å². The van der Waals surface area contributed by atoms with Crippen LogP contribution in [0.1, 0.15) is 33.1 Å². The molecule has 1 heterocycles. The molecule has 14 heavy (non-hydrogen) atoms. The van der Waals surface area contributed by atoms with Gasteiger partial charge in [-0.1, -0.05) is 20.3 Å². The van der Waals surface area contributed by atoms with E-state index >= 15 is 0 Å². The number of anilines is 1. The van der Waals surface area contributed by atoms with Crippen molar-refractivity contribution in [3.8, 4) is 0 Å². The van der Waals surface area contributed by atoms with Crippen molar-refractivity contribution in [1.29, 1.82) is 0 Å². The average molecular weight is 194 g/mol. The van der Waals surface area contributed by atoms with Crippen LogP contribution >= 0.6 is 0 Å². The Morgan fingerprint density at radius 2 is 1.79 bits per heavy atom. The van der Waals surface area contributed by atoms with Crippen LogP contribution in [0.15, 0.2) is 12.7 Å². The maximum Gasteiger partial charge on any atom is 0.228 e. The van der Waals surface area contributed by atoms with Gasteiger partial charge in [-0.05, 0) is 12.8 Å². The van der Waals surface area contributed by atoms with Gasteiger partial charge in [0.05, 0.1) is 0 Å². The molecule has 1 aromatic heterocycles. The standard InChI is InChI=1S/C10H18N4/c1-3-5-7-14(6-4-2)10-12-8-11-9-13-10/h8-9H,3-7H2,1-2H3. The maximum atomic E-state index is 4.15. The Bertz CT molecular complexity index is 237. The van der Waals surface area contributed by atoms with Crippen molar-refractivity contribution >= 4 is 5.95 Å². The Hall–Kier alpha value is -1.19. The number of rotatable bonds is 6. The van der Waals surface area contributed by atoms with Gasteiger partial charge in [-0.15, -0.1) is 0 Å². The Morgan fingerprint density at radius 1 is 1.07 bits per heavy atom. The number of unbranched alkanes of at least 4 members (excludes halogenated alkanes) is 1. The highest BCUT2D eigenvalue weighted by atomic mass is 15.3. The lowest BCUT2D eigenvalue weighted by atomic mass is 10.3. The first-order valence-corrected chi connectivity index (χ1v) is 5.25. The quantitative estimate of drug-likeness (QED) is 0.693. The fourth-order valence-electron chi connectivity index (χ4n) is 1.33. The second-order valence-corrected chi connectivity index (χ2v) is 3.28. The van der Waals surface area contributed by atoms with E-state index in [-0.39, 0.29) is 0 Å². The molecule has 0 aliphatic rings. The van der Waals surface area contributed by atoms with Crippen molar-refractivity contribution in [2.24, 2.45) is 0 Å². The highest BCUT2D eigenvalue weighted by molar-refractivity contribution is 5.26. The zero-order chi connectivity index (χ0) is 10.2. The first kappa shape index (κ1) is 10.9. The predicted octanol–water partition coefficient (Wildman–Crippen LogP) is 1.89. The summed E-state index contributed by atoms with van der Waals surface area (Å²) in [6.45, 7) is 6.41. The number of nitrogens with zero attached hydrogens (tertiary/aromatic N) is 4. The van der Waals surface area contributed by atoms with E-state index in [9.17, 15) is 0 Å². The molecule has 0 aliphatic heterocycles. The molecule has 0 saturated carbocycles. The molecule has 4 nitrogen and oxygen atoms in total. The third-order valence-electron chi connectivity index (χ3n) is 2.04. The van der Waals surface area contributed by atoms with Gasteiger partial charge in [0.15, 0.2) is 0 Å². The summed E-state index contributed by atoms with van der Waals surface area (Å²) in [5, 5.41) is 0. The molecule has 0 N–H and O–H groups in total. The van der Waals surface area contributed by atoms with Gasteiger partial charge < -0.3 is 4.90 Å². The summed E-state index contributed by atoms with van der Waals surface area (Å²) < 4.78 is 0. The van der Waals surface area contributed by atoms with Crippen molar-refractivity contribution in [1.82, 2.24) is 15.0 Å².